The summed E-state index contributed by atoms with van der Waals surface area (Å²) in [4.78, 5) is 4.75. The molecule has 0 aliphatic heterocycles. The molecule has 4 rings (SSSR count). The van der Waals surface area contributed by atoms with Crippen LogP contribution in [0.5, 0.6) is 0 Å². The zero-order valence-electron chi connectivity index (χ0n) is 10.6. The Morgan fingerprint density at radius 2 is 2.21 bits per heavy atom. The first kappa shape index (κ1) is 12.5. The van der Waals surface area contributed by atoms with Crippen molar-refractivity contribution in [1.29, 1.82) is 0 Å². The van der Waals surface area contributed by atoms with Crippen LogP contribution in [0.25, 0.3) is 11.0 Å². The Bertz CT molecular complexity index is 636. The molecule has 1 heterocycles. The van der Waals surface area contributed by atoms with Gasteiger partial charge in [0.15, 0.2) is 0 Å². The molecule has 0 amide bonds. The summed E-state index contributed by atoms with van der Waals surface area (Å²) in [5.74, 6) is 3.36. The van der Waals surface area contributed by atoms with E-state index in [-0.39, 0.29) is 0 Å². The summed E-state index contributed by atoms with van der Waals surface area (Å²) in [5.41, 5.74) is 2.37. The Kier molecular flexibility index (Phi) is 3.03. The van der Waals surface area contributed by atoms with Crippen molar-refractivity contribution in [3.63, 3.8) is 0 Å². The third kappa shape index (κ3) is 1.92. The number of aromatic nitrogens is 2. The molecule has 0 radical (unpaired) electrons. The predicted octanol–water partition coefficient (Wildman–Crippen LogP) is 4.74. The maximum atomic E-state index is 6.14. The van der Waals surface area contributed by atoms with Crippen LogP contribution in [-0.2, 0) is 5.88 Å². The molecule has 2 aliphatic rings. The van der Waals surface area contributed by atoms with E-state index in [0.717, 1.165) is 23.2 Å². The van der Waals surface area contributed by atoms with Gasteiger partial charge in [-0.25, -0.2) is 4.98 Å². The van der Waals surface area contributed by atoms with E-state index < -0.39 is 0 Å². The third-order valence-electron chi connectivity index (χ3n) is 4.88. The summed E-state index contributed by atoms with van der Waals surface area (Å²) in [6.07, 6.45) is 5.56. The lowest BCUT2D eigenvalue weighted by molar-refractivity contribution is 0.331. The lowest BCUT2D eigenvalue weighted by Gasteiger charge is -2.25. The largest absolute Gasteiger partial charge is 0.324 e. The number of hydrogen-bond acceptors (Lipinski definition) is 1. The van der Waals surface area contributed by atoms with E-state index in [1.807, 2.05) is 0 Å². The van der Waals surface area contributed by atoms with E-state index in [0.29, 0.717) is 11.9 Å². The molecular formula is C15H16ClIN2. The Morgan fingerprint density at radius 1 is 1.32 bits per heavy atom. The summed E-state index contributed by atoms with van der Waals surface area (Å²) in [6, 6.07) is 7.19. The van der Waals surface area contributed by atoms with E-state index in [2.05, 4.69) is 45.4 Å². The van der Waals surface area contributed by atoms with Gasteiger partial charge in [0.25, 0.3) is 0 Å². The number of rotatable bonds is 2. The number of alkyl halides is 1. The van der Waals surface area contributed by atoms with Gasteiger partial charge in [0, 0.05) is 9.61 Å². The van der Waals surface area contributed by atoms with Crippen molar-refractivity contribution in [1.82, 2.24) is 9.55 Å². The fourth-order valence-corrected chi connectivity index (χ4v) is 4.78. The van der Waals surface area contributed by atoms with Gasteiger partial charge < -0.3 is 4.57 Å². The maximum Gasteiger partial charge on any atom is 0.125 e. The van der Waals surface area contributed by atoms with Crippen LogP contribution in [0.15, 0.2) is 18.2 Å². The van der Waals surface area contributed by atoms with Crippen molar-refractivity contribution in [2.75, 3.05) is 0 Å². The van der Waals surface area contributed by atoms with Crippen LogP contribution >= 0.6 is 34.2 Å². The number of nitrogens with zero attached hydrogens (tertiary/aromatic N) is 2. The molecule has 0 spiro atoms. The first-order valence-electron chi connectivity index (χ1n) is 6.98. The van der Waals surface area contributed by atoms with Crippen molar-refractivity contribution < 1.29 is 0 Å². The molecule has 19 heavy (non-hydrogen) atoms. The summed E-state index contributed by atoms with van der Waals surface area (Å²) in [7, 11) is 0. The van der Waals surface area contributed by atoms with Gasteiger partial charge in [-0.05, 0) is 71.9 Å². The molecule has 3 unspecified atom stereocenters. The number of fused-ring (bicyclic) bond motifs is 3. The van der Waals surface area contributed by atoms with Crippen molar-refractivity contribution in [2.24, 2.45) is 11.8 Å². The van der Waals surface area contributed by atoms with Crippen molar-refractivity contribution in [2.45, 2.75) is 37.6 Å². The first-order valence-corrected chi connectivity index (χ1v) is 8.60. The average molecular weight is 387 g/mol. The topological polar surface area (TPSA) is 17.8 Å². The molecule has 2 bridgehead atoms. The molecule has 2 saturated carbocycles. The van der Waals surface area contributed by atoms with E-state index in [9.17, 15) is 0 Å². The van der Waals surface area contributed by atoms with Gasteiger partial charge >= 0.3 is 0 Å². The van der Waals surface area contributed by atoms with E-state index in [1.165, 1.54) is 34.8 Å². The van der Waals surface area contributed by atoms with Crippen LogP contribution in [0.4, 0.5) is 0 Å². The number of hydrogen-bond donors (Lipinski definition) is 0. The number of halogens is 2. The van der Waals surface area contributed by atoms with Crippen molar-refractivity contribution >= 4 is 45.2 Å². The molecule has 3 atom stereocenters. The van der Waals surface area contributed by atoms with Gasteiger partial charge in [0.2, 0.25) is 0 Å². The van der Waals surface area contributed by atoms with E-state index in [1.54, 1.807) is 0 Å². The fraction of sp³-hybridized carbons (Fsp3) is 0.533. The molecule has 0 saturated heterocycles. The lowest BCUT2D eigenvalue weighted by Crippen LogP contribution is -2.18. The molecule has 1 aromatic carbocycles. The highest BCUT2D eigenvalue weighted by atomic mass is 127. The maximum absolute atomic E-state index is 6.14. The Balaban J connectivity index is 1.88. The average Bonchev–Trinajstić information content (AvgIpc) is 3.09. The van der Waals surface area contributed by atoms with Gasteiger partial charge in [0.1, 0.15) is 5.82 Å². The predicted molar refractivity (Wildman–Crippen MR) is 86.5 cm³/mol. The Labute approximate surface area is 131 Å². The zero-order valence-corrected chi connectivity index (χ0v) is 13.6. The van der Waals surface area contributed by atoms with Crippen LogP contribution in [0.1, 0.15) is 37.5 Å². The second-order valence-electron chi connectivity index (χ2n) is 5.91. The summed E-state index contributed by atoms with van der Waals surface area (Å²) < 4.78 is 3.69. The molecule has 2 aromatic rings. The molecule has 2 fully saturated rings. The second-order valence-corrected chi connectivity index (χ2v) is 7.42. The summed E-state index contributed by atoms with van der Waals surface area (Å²) >= 11 is 8.48. The first-order chi connectivity index (χ1) is 9.26. The quantitative estimate of drug-likeness (QED) is 0.538. The van der Waals surface area contributed by atoms with Crippen LogP contribution in [0.3, 0.4) is 0 Å². The normalized spacial score (nSPS) is 29.5. The van der Waals surface area contributed by atoms with Crippen molar-refractivity contribution in [3.05, 3.63) is 27.6 Å². The minimum absolute atomic E-state index is 0.513. The Hall–Kier alpha value is -0.290. The molecule has 1 aromatic heterocycles. The SMILES string of the molecule is ClCc1nc2cc(I)ccc2n1C1CC2CCC1C2. The highest BCUT2D eigenvalue weighted by Crippen LogP contribution is 2.51. The molecular weight excluding hydrogens is 371 g/mol. The molecule has 4 heteroatoms. The van der Waals surface area contributed by atoms with Crippen LogP contribution in [0, 0.1) is 15.4 Å². The van der Waals surface area contributed by atoms with Crippen LogP contribution in [0.2, 0.25) is 0 Å². The number of imidazole rings is 1. The third-order valence-corrected chi connectivity index (χ3v) is 5.79. The minimum atomic E-state index is 0.513. The fourth-order valence-electron chi connectivity index (χ4n) is 4.11. The minimum Gasteiger partial charge on any atom is -0.324 e. The van der Waals surface area contributed by atoms with E-state index >= 15 is 0 Å². The van der Waals surface area contributed by atoms with Crippen LogP contribution < -0.4 is 0 Å². The zero-order chi connectivity index (χ0) is 13.0. The van der Waals surface area contributed by atoms with Crippen molar-refractivity contribution in [3.8, 4) is 0 Å². The smallest absolute Gasteiger partial charge is 0.125 e. The standard InChI is InChI=1S/C15H16ClIN2/c16-8-15-18-12-7-11(17)3-4-13(12)19(15)14-6-9-1-2-10(14)5-9/h3-4,7,9-10,14H,1-2,5-6,8H2. The highest BCUT2D eigenvalue weighted by Gasteiger charge is 2.41. The summed E-state index contributed by atoms with van der Waals surface area (Å²) in [6.45, 7) is 0. The molecule has 0 N–H and O–H groups in total. The lowest BCUT2D eigenvalue weighted by atomic mass is 9.95. The molecule has 2 nitrogen and oxygen atoms in total. The second kappa shape index (κ2) is 4.62. The van der Waals surface area contributed by atoms with E-state index in [4.69, 9.17) is 16.6 Å². The van der Waals surface area contributed by atoms with Crippen LogP contribution in [-0.4, -0.2) is 9.55 Å². The monoisotopic (exact) mass is 386 g/mol. The summed E-state index contributed by atoms with van der Waals surface area (Å²) in [5, 5.41) is 0. The van der Waals surface area contributed by atoms with Gasteiger partial charge in [-0.1, -0.05) is 6.42 Å². The highest BCUT2D eigenvalue weighted by molar-refractivity contribution is 14.1. The van der Waals surface area contributed by atoms with Gasteiger partial charge in [0.05, 0.1) is 16.9 Å². The molecule has 2 aliphatic carbocycles. The van der Waals surface area contributed by atoms with Gasteiger partial charge in [-0.2, -0.15) is 0 Å². The van der Waals surface area contributed by atoms with Gasteiger partial charge in [-0.15, -0.1) is 11.6 Å². The Morgan fingerprint density at radius 3 is 2.89 bits per heavy atom. The van der Waals surface area contributed by atoms with Gasteiger partial charge in [-0.3, -0.25) is 0 Å². The number of benzene rings is 1. The molecule has 100 valence electrons.